The molecule has 28 heavy (non-hydrogen) atoms. The Morgan fingerprint density at radius 3 is 2.11 bits per heavy atom. The Balaban J connectivity index is 2.12. The van der Waals surface area contributed by atoms with Crippen LogP contribution < -0.4 is 10.6 Å². The van der Waals surface area contributed by atoms with Crippen molar-refractivity contribution in [3.05, 3.63) is 65.7 Å². The monoisotopic (exact) mass is 380 g/mol. The van der Waals surface area contributed by atoms with Gasteiger partial charge >= 0.3 is 0 Å². The van der Waals surface area contributed by atoms with E-state index in [2.05, 4.69) is 10.6 Å². The van der Waals surface area contributed by atoms with Crippen molar-refractivity contribution in [3.8, 4) is 0 Å². The maximum absolute atomic E-state index is 12.7. The molecule has 5 nitrogen and oxygen atoms in total. The van der Waals surface area contributed by atoms with Gasteiger partial charge in [0, 0.05) is 23.2 Å². The number of hydrogen-bond acceptors (Lipinski definition) is 3. The van der Waals surface area contributed by atoms with E-state index in [0.717, 1.165) is 0 Å². The largest absolute Gasteiger partial charge is 0.344 e. The fourth-order valence-electron chi connectivity index (χ4n) is 2.85. The van der Waals surface area contributed by atoms with E-state index in [0.29, 0.717) is 23.2 Å². The predicted molar refractivity (Wildman–Crippen MR) is 111 cm³/mol. The van der Waals surface area contributed by atoms with Crippen LogP contribution in [0.15, 0.2) is 54.6 Å². The van der Waals surface area contributed by atoms with Gasteiger partial charge < -0.3 is 10.6 Å². The van der Waals surface area contributed by atoms with Gasteiger partial charge in [0.2, 0.25) is 11.8 Å². The Kier molecular flexibility index (Phi) is 7.50. The standard InChI is InChI=1S/C23H28N2O3/c1-15(2)13-20(26)25-21(16(3)4)23(28)24-19-12-8-11-18(14-19)22(27)17-9-6-5-7-10-17/h5-12,14-16,21H,13H2,1-4H3,(H,24,28)(H,25,26). The Hall–Kier alpha value is -2.95. The van der Waals surface area contributed by atoms with Gasteiger partial charge in [0.1, 0.15) is 6.04 Å². The molecule has 2 N–H and O–H groups in total. The lowest BCUT2D eigenvalue weighted by molar-refractivity contribution is -0.127. The van der Waals surface area contributed by atoms with Crippen molar-refractivity contribution in [1.82, 2.24) is 5.32 Å². The van der Waals surface area contributed by atoms with Gasteiger partial charge in [0.25, 0.3) is 0 Å². The molecule has 0 fully saturated rings. The first kappa shape index (κ1) is 21.4. The summed E-state index contributed by atoms with van der Waals surface area (Å²) in [7, 11) is 0. The first-order valence-electron chi connectivity index (χ1n) is 9.58. The smallest absolute Gasteiger partial charge is 0.247 e. The van der Waals surface area contributed by atoms with Crippen LogP contribution in [-0.2, 0) is 9.59 Å². The molecular weight excluding hydrogens is 352 g/mol. The number of hydrogen-bond donors (Lipinski definition) is 2. The summed E-state index contributed by atoms with van der Waals surface area (Å²) in [5.41, 5.74) is 1.61. The average molecular weight is 380 g/mol. The Bertz CT molecular complexity index is 829. The van der Waals surface area contributed by atoms with Crippen molar-refractivity contribution in [2.45, 2.75) is 40.2 Å². The van der Waals surface area contributed by atoms with E-state index in [1.165, 1.54) is 0 Å². The molecule has 0 aromatic heterocycles. The third kappa shape index (κ3) is 6.05. The normalized spacial score (nSPS) is 11.9. The summed E-state index contributed by atoms with van der Waals surface area (Å²) in [4.78, 5) is 37.4. The Morgan fingerprint density at radius 2 is 1.50 bits per heavy atom. The molecule has 0 saturated carbocycles. The molecule has 2 amide bonds. The number of benzene rings is 2. The number of nitrogens with one attached hydrogen (secondary N) is 2. The van der Waals surface area contributed by atoms with Crippen LogP contribution >= 0.6 is 0 Å². The van der Waals surface area contributed by atoms with Gasteiger partial charge in [0.15, 0.2) is 5.78 Å². The summed E-state index contributed by atoms with van der Waals surface area (Å²) in [5.74, 6) is -0.391. The van der Waals surface area contributed by atoms with E-state index in [9.17, 15) is 14.4 Å². The fourth-order valence-corrected chi connectivity index (χ4v) is 2.85. The fraction of sp³-hybridized carbons (Fsp3) is 0.348. The molecule has 0 spiro atoms. The number of ketones is 1. The van der Waals surface area contributed by atoms with Crippen molar-refractivity contribution >= 4 is 23.3 Å². The Labute approximate surface area is 166 Å². The lowest BCUT2D eigenvalue weighted by Crippen LogP contribution is -2.47. The van der Waals surface area contributed by atoms with Gasteiger partial charge in [-0.2, -0.15) is 0 Å². The third-order valence-corrected chi connectivity index (χ3v) is 4.29. The second-order valence-electron chi connectivity index (χ2n) is 7.65. The zero-order valence-electron chi connectivity index (χ0n) is 16.9. The molecule has 0 bridgehead atoms. The van der Waals surface area contributed by atoms with Crippen LogP contribution in [0.1, 0.15) is 50.0 Å². The third-order valence-electron chi connectivity index (χ3n) is 4.29. The zero-order valence-corrected chi connectivity index (χ0v) is 16.9. The van der Waals surface area contributed by atoms with Crippen molar-refractivity contribution < 1.29 is 14.4 Å². The highest BCUT2D eigenvalue weighted by molar-refractivity contribution is 6.09. The van der Waals surface area contributed by atoms with Crippen LogP contribution in [0.25, 0.3) is 0 Å². The van der Waals surface area contributed by atoms with Crippen LogP contribution in [0, 0.1) is 11.8 Å². The minimum atomic E-state index is -0.639. The van der Waals surface area contributed by atoms with Crippen LogP contribution in [0.4, 0.5) is 5.69 Å². The summed E-state index contributed by atoms with van der Waals surface area (Å²) >= 11 is 0. The Morgan fingerprint density at radius 1 is 0.857 bits per heavy atom. The van der Waals surface area contributed by atoms with Crippen molar-refractivity contribution in [2.75, 3.05) is 5.32 Å². The van der Waals surface area contributed by atoms with Crippen LogP contribution in [0.2, 0.25) is 0 Å². The molecule has 0 heterocycles. The van der Waals surface area contributed by atoms with Crippen molar-refractivity contribution in [1.29, 1.82) is 0 Å². The quantitative estimate of drug-likeness (QED) is 0.679. The second-order valence-corrected chi connectivity index (χ2v) is 7.65. The lowest BCUT2D eigenvalue weighted by atomic mass is 10.0. The molecule has 2 aromatic carbocycles. The van der Waals surface area contributed by atoms with Gasteiger partial charge in [0.05, 0.1) is 0 Å². The second kappa shape index (κ2) is 9.83. The average Bonchev–Trinajstić information content (AvgIpc) is 2.65. The molecule has 2 aromatic rings. The number of amides is 2. The van der Waals surface area contributed by atoms with Crippen LogP contribution in [0.3, 0.4) is 0 Å². The SMILES string of the molecule is CC(C)CC(=O)NC(C(=O)Nc1cccc(C(=O)c2ccccc2)c1)C(C)C. The van der Waals surface area contributed by atoms with E-state index in [-0.39, 0.29) is 29.4 Å². The number of rotatable bonds is 8. The molecule has 0 radical (unpaired) electrons. The summed E-state index contributed by atoms with van der Waals surface area (Å²) in [6.45, 7) is 7.68. The highest BCUT2D eigenvalue weighted by Crippen LogP contribution is 2.16. The summed E-state index contributed by atoms with van der Waals surface area (Å²) in [5, 5.41) is 5.64. The molecule has 0 aliphatic rings. The number of anilines is 1. The van der Waals surface area contributed by atoms with E-state index >= 15 is 0 Å². The van der Waals surface area contributed by atoms with Crippen LogP contribution in [0.5, 0.6) is 0 Å². The molecule has 148 valence electrons. The minimum Gasteiger partial charge on any atom is -0.344 e. The summed E-state index contributed by atoms with van der Waals surface area (Å²) in [6, 6.07) is 15.2. The van der Waals surface area contributed by atoms with Gasteiger partial charge in [-0.15, -0.1) is 0 Å². The maximum atomic E-state index is 12.7. The van der Waals surface area contributed by atoms with Gasteiger partial charge in [-0.25, -0.2) is 0 Å². The molecule has 1 atom stereocenters. The molecular formula is C23H28N2O3. The minimum absolute atomic E-state index is 0.0646. The van der Waals surface area contributed by atoms with Gasteiger partial charge in [-0.3, -0.25) is 14.4 Å². The first-order chi connectivity index (χ1) is 13.3. The number of carbonyl (C=O) groups excluding carboxylic acids is 3. The molecule has 2 rings (SSSR count). The topological polar surface area (TPSA) is 75.3 Å². The molecule has 0 aliphatic carbocycles. The predicted octanol–water partition coefficient (Wildman–Crippen LogP) is 4.04. The van der Waals surface area contributed by atoms with Crippen molar-refractivity contribution in [3.63, 3.8) is 0 Å². The van der Waals surface area contributed by atoms with Crippen LogP contribution in [-0.4, -0.2) is 23.6 Å². The highest BCUT2D eigenvalue weighted by Gasteiger charge is 2.24. The molecule has 5 heteroatoms. The van der Waals surface area contributed by atoms with Crippen molar-refractivity contribution in [2.24, 2.45) is 11.8 Å². The first-order valence-corrected chi connectivity index (χ1v) is 9.58. The van der Waals surface area contributed by atoms with E-state index in [1.54, 1.807) is 36.4 Å². The zero-order chi connectivity index (χ0) is 20.7. The maximum Gasteiger partial charge on any atom is 0.247 e. The molecule has 0 saturated heterocycles. The number of carbonyl (C=O) groups is 3. The highest BCUT2D eigenvalue weighted by atomic mass is 16.2. The van der Waals surface area contributed by atoms with Gasteiger partial charge in [-0.1, -0.05) is 70.2 Å². The van der Waals surface area contributed by atoms with E-state index < -0.39 is 6.04 Å². The van der Waals surface area contributed by atoms with E-state index in [4.69, 9.17) is 0 Å². The summed E-state index contributed by atoms with van der Waals surface area (Å²) in [6.07, 6.45) is 0.373. The lowest BCUT2D eigenvalue weighted by Gasteiger charge is -2.22. The van der Waals surface area contributed by atoms with Gasteiger partial charge in [-0.05, 0) is 24.0 Å². The molecule has 1 unspecified atom stereocenters. The summed E-state index contributed by atoms with van der Waals surface area (Å²) < 4.78 is 0. The van der Waals surface area contributed by atoms with E-state index in [1.807, 2.05) is 45.9 Å². The molecule has 0 aliphatic heterocycles.